The summed E-state index contributed by atoms with van der Waals surface area (Å²) in [5, 5.41) is 0. The maximum atomic E-state index is 11.6. The van der Waals surface area contributed by atoms with Gasteiger partial charge in [-0.05, 0) is 37.3 Å². The van der Waals surface area contributed by atoms with Crippen LogP contribution < -0.4 is 10.5 Å². The number of hydrogen-bond acceptors (Lipinski definition) is 5. The van der Waals surface area contributed by atoms with E-state index in [1.165, 1.54) is 6.26 Å². The molecule has 1 heterocycles. The molecule has 0 aliphatic rings. The minimum atomic E-state index is -0.410. The van der Waals surface area contributed by atoms with Gasteiger partial charge in [-0.1, -0.05) is 0 Å². The maximum Gasteiger partial charge on any atom is 0.341 e. The molecule has 0 spiro atoms. The lowest BCUT2D eigenvalue weighted by Gasteiger charge is -2.06. The number of esters is 1. The zero-order valence-electron chi connectivity index (χ0n) is 10.6. The Kier molecular flexibility index (Phi) is 4.07. The number of rotatable bonds is 5. The Morgan fingerprint density at radius 2 is 2.00 bits per heavy atom. The zero-order chi connectivity index (χ0) is 13.7. The van der Waals surface area contributed by atoms with E-state index >= 15 is 0 Å². The van der Waals surface area contributed by atoms with Crippen molar-refractivity contribution in [2.75, 3.05) is 12.3 Å². The van der Waals surface area contributed by atoms with E-state index in [1.54, 1.807) is 37.3 Å². The van der Waals surface area contributed by atoms with Crippen LogP contribution in [0.3, 0.4) is 0 Å². The summed E-state index contributed by atoms with van der Waals surface area (Å²) in [4.78, 5) is 11.6. The minimum absolute atomic E-state index is 0.158. The van der Waals surface area contributed by atoms with Gasteiger partial charge in [0.2, 0.25) is 0 Å². The Hall–Kier alpha value is -2.43. The number of anilines is 1. The smallest absolute Gasteiger partial charge is 0.341 e. The molecule has 2 rings (SSSR count). The Morgan fingerprint density at radius 1 is 1.26 bits per heavy atom. The van der Waals surface area contributed by atoms with Crippen LogP contribution in [0.2, 0.25) is 0 Å². The molecule has 2 aromatic rings. The highest BCUT2D eigenvalue weighted by molar-refractivity contribution is 5.90. The Balaban J connectivity index is 2.02. The second-order valence-electron chi connectivity index (χ2n) is 3.84. The zero-order valence-corrected chi connectivity index (χ0v) is 10.6. The van der Waals surface area contributed by atoms with Crippen molar-refractivity contribution in [3.63, 3.8) is 0 Å². The second kappa shape index (κ2) is 5.95. The van der Waals surface area contributed by atoms with E-state index < -0.39 is 5.97 Å². The molecule has 5 heteroatoms. The molecule has 0 aliphatic heterocycles. The molecule has 5 nitrogen and oxygen atoms in total. The number of nitrogens with two attached hydrogens (primary N) is 1. The van der Waals surface area contributed by atoms with Gasteiger partial charge in [0.1, 0.15) is 17.9 Å². The third-order valence-electron chi connectivity index (χ3n) is 2.49. The normalized spacial score (nSPS) is 10.2. The average Bonchev–Trinajstić information content (AvgIpc) is 2.87. The number of ether oxygens (including phenoxy) is 2. The molecule has 1 aromatic heterocycles. The van der Waals surface area contributed by atoms with Crippen molar-refractivity contribution in [2.24, 2.45) is 0 Å². The Morgan fingerprint density at radius 3 is 2.68 bits per heavy atom. The summed E-state index contributed by atoms with van der Waals surface area (Å²) >= 11 is 0. The van der Waals surface area contributed by atoms with E-state index in [1.807, 2.05) is 0 Å². The van der Waals surface area contributed by atoms with Crippen molar-refractivity contribution in [1.82, 2.24) is 0 Å². The van der Waals surface area contributed by atoms with Crippen LogP contribution in [0.25, 0.3) is 0 Å². The Labute approximate surface area is 110 Å². The maximum absolute atomic E-state index is 11.6. The van der Waals surface area contributed by atoms with Gasteiger partial charge >= 0.3 is 5.97 Å². The van der Waals surface area contributed by atoms with Crippen molar-refractivity contribution in [3.8, 4) is 5.75 Å². The van der Waals surface area contributed by atoms with Crippen LogP contribution in [-0.4, -0.2) is 12.6 Å². The molecule has 0 unspecified atom stereocenters. The molecule has 19 heavy (non-hydrogen) atoms. The molecule has 0 aliphatic carbocycles. The lowest BCUT2D eigenvalue weighted by molar-refractivity contribution is 0.0521. The fraction of sp³-hybridized carbons (Fsp3) is 0.214. The predicted molar refractivity (Wildman–Crippen MR) is 69.9 cm³/mol. The summed E-state index contributed by atoms with van der Waals surface area (Å²) in [5.74, 6) is 0.683. The lowest BCUT2D eigenvalue weighted by atomic mass is 10.2. The molecule has 100 valence electrons. The second-order valence-corrected chi connectivity index (χ2v) is 3.84. The first-order valence-electron chi connectivity index (χ1n) is 5.92. The topological polar surface area (TPSA) is 74.7 Å². The SMILES string of the molecule is CCOC(=O)c1ccoc1COc1ccc(N)cc1. The van der Waals surface area contributed by atoms with Gasteiger partial charge in [0.25, 0.3) is 0 Å². The molecule has 0 fully saturated rings. The van der Waals surface area contributed by atoms with Gasteiger partial charge in [-0.15, -0.1) is 0 Å². The highest BCUT2D eigenvalue weighted by Gasteiger charge is 2.16. The first kappa shape index (κ1) is 13.0. The van der Waals surface area contributed by atoms with Gasteiger partial charge in [-0.2, -0.15) is 0 Å². The van der Waals surface area contributed by atoms with Crippen LogP contribution in [-0.2, 0) is 11.3 Å². The number of hydrogen-bond donors (Lipinski definition) is 1. The van der Waals surface area contributed by atoms with Crippen molar-refractivity contribution in [1.29, 1.82) is 0 Å². The molecular formula is C14H15NO4. The molecule has 2 N–H and O–H groups in total. The van der Waals surface area contributed by atoms with Crippen LogP contribution in [0.15, 0.2) is 41.0 Å². The Bertz CT molecular complexity index is 545. The summed E-state index contributed by atoms with van der Waals surface area (Å²) in [7, 11) is 0. The van der Waals surface area contributed by atoms with E-state index in [2.05, 4.69) is 0 Å². The van der Waals surface area contributed by atoms with E-state index in [9.17, 15) is 4.79 Å². The molecule has 0 saturated heterocycles. The van der Waals surface area contributed by atoms with Gasteiger partial charge in [-0.25, -0.2) is 4.79 Å². The minimum Gasteiger partial charge on any atom is -0.486 e. The number of benzene rings is 1. The summed E-state index contributed by atoms with van der Waals surface area (Å²) in [6, 6.07) is 8.55. The summed E-state index contributed by atoms with van der Waals surface area (Å²) < 4.78 is 15.7. The highest BCUT2D eigenvalue weighted by atomic mass is 16.5. The molecule has 0 amide bonds. The molecule has 0 bridgehead atoms. The third-order valence-corrected chi connectivity index (χ3v) is 2.49. The fourth-order valence-electron chi connectivity index (χ4n) is 1.56. The highest BCUT2D eigenvalue weighted by Crippen LogP contribution is 2.18. The first-order valence-corrected chi connectivity index (χ1v) is 5.92. The van der Waals surface area contributed by atoms with Crippen molar-refractivity contribution < 1.29 is 18.7 Å². The van der Waals surface area contributed by atoms with Crippen LogP contribution >= 0.6 is 0 Å². The van der Waals surface area contributed by atoms with Gasteiger partial charge in [-0.3, -0.25) is 0 Å². The molecule has 0 atom stereocenters. The number of carbonyl (C=O) groups excluding carboxylic acids is 1. The van der Waals surface area contributed by atoms with Crippen molar-refractivity contribution in [3.05, 3.63) is 47.9 Å². The number of furan rings is 1. The summed E-state index contributed by atoms with van der Waals surface area (Å²) in [6.07, 6.45) is 1.44. The van der Waals surface area contributed by atoms with Gasteiger partial charge in [0.15, 0.2) is 5.76 Å². The molecule has 0 radical (unpaired) electrons. The molecule has 1 aromatic carbocycles. The van der Waals surface area contributed by atoms with E-state index in [0.29, 0.717) is 29.4 Å². The van der Waals surface area contributed by atoms with Crippen LogP contribution in [0, 0.1) is 0 Å². The number of nitrogen functional groups attached to an aromatic ring is 1. The van der Waals surface area contributed by atoms with Gasteiger partial charge in [0, 0.05) is 5.69 Å². The first-order chi connectivity index (χ1) is 9.20. The van der Waals surface area contributed by atoms with Crippen molar-refractivity contribution in [2.45, 2.75) is 13.5 Å². The van der Waals surface area contributed by atoms with Crippen LogP contribution in [0.4, 0.5) is 5.69 Å². The summed E-state index contributed by atoms with van der Waals surface area (Å²) in [6.45, 7) is 2.23. The average molecular weight is 261 g/mol. The van der Waals surface area contributed by atoms with Crippen molar-refractivity contribution >= 4 is 11.7 Å². The third kappa shape index (κ3) is 3.28. The van der Waals surface area contributed by atoms with E-state index in [0.717, 1.165) is 0 Å². The quantitative estimate of drug-likeness (QED) is 0.661. The monoisotopic (exact) mass is 261 g/mol. The number of carbonyl (C=O) groups is 1. The molecule has 0 saturated carbocycles. The summed E-state index contributed by atoms with van der Waals surface area (Å²) in [5.41, 5.74) is 6.63. The fourth-order valence-corrected chi connectivity index (χ4v) is 1.56. The van der Waals surface area contributed by atoms with Crippen LogP contribution in [0.5, 0.6) is 5.75 Å². The van der Waals surface area contributed by atoms with Crippen LogP contribution in [0.1, 0.15) is 23.0 Å². The predicted octanol–water partition coefficient (Wildman–Crippen LogP) is 2.62. The van der Waals surface area contributed by atoms with Gasteiger partial charge in [0.05, 0.1) is 12.9 Å². The van der Waals surface area contributed by atoms with E-state index in [4.69, 9.17) is 19.6 Å². The van der Waals surface area contributed by atoms with E-state index in [-0.39, 0.29) is 6.61 Å². The lowest BCUT2D eigenvalue weighted by Crippen LogP contribution is -2.07. The largest absolute Gasteiger partial charge is 0.486 e. The molecular weight excluding hydrogens is 246 g/mol. The van der Waals surface area contributed by atoms with Gasteiger partial charge < -0.3 is 19.6 Å². The standard InChI is InChI=1S/C14H15NO4/c1-2-17-14(16)12-7-8-18-13(12)9-19-11-5-3-10(15)4-6-11/h3-8H,2,9,15H2,1H3.